The Hall–Kier alpha value is -2.00. The first-order valence-corrected chi connectivity index (χ1v) is 9.82. The predicted molar refractivity (Wildman–Crippen MR) is 114 cm³/mol. The highest BCUT2D eigenvalue weighted by Gasteiger charge is 2.18. The smallest absolute Gasteiger partial charge is 0.153 e. The van der Waals surface area contributed by atoms with Gasteiger partial charge in [-0.15, -0.1) is 0 Å². The van der Waals surface area contributed by atoms with E-state index in [1.165, 1.54) is 0 Å². The van der Waals surface area contributed by atoms with Crippen LogP contribution in [0.3, 0.4) is 0 Å². The molecule has 0 aromatic heterocycles. The summed E-state index contributed by atoms with van der Waals surface area (Å²) >= 11 is 18.3. The summed E-state index contributed by atoms with van der Waals surface area (Å²) in [5.41, 5.74) is 3.89. The molecule has 0 amide bonds. The molecule has 27 heavy (non-hydrogen) atoms. The minimum Gasteiger partial charge on any atom is -0.454 e. The number of hydrogen-bond acceptors (Lipinski definition) is 2. The first kappa shape index (κ1) is 18.4. The lowest BCUT2D eigenvalue weighted by Gasteiger charge is -2.10. The van der Waals surface area contributed by atoms with Gasteiger partial charge in [0.25, 0.3) is 0 Å². The van der Waals surface area contributed by atoms with Gasteiger partial charge in [-0.3, -0.25) is 0 Å². The van der Waals surface area contributed by atoms with Crippen LogP contribution in [-0.4, -0.2) is 5.71 Å². The molecule has 0 atom stereocenters. The predicted octanol–water partition coefficient (Wildman–Crippen LogP) is 7.90. The summed E-state index contributed by atoms with van der Waals surface area (Å²) < 4.78 is 6.08. The summed E-state index contributed by atoms with van der Waals surface area (Å²) in [6.07, 6.45) is 2.60. The van der Waals surface area contributed by atoms with Crippen LogP contribution in [0.15, 0.2) is 65.7 Å². The average Bonchev–Trinajstić information content (AvgIpc) is 2.81. The van der Waals surface area contributed by atoms with Crippen molar-refractivity contribution >= 4 is 46.2 Å². The van der Waals surface area contributed by atoms with E-state index in [4.69, 9.17) is 44.5 Å². The Morgan fingerprint density at radius 3 is 2.48 bits per heavy atom. The number of aliphatic imine (C=N–C) groups is 1. The van der Waals surface area contributed by atoms with Gasteiger partial charge in [0.1, 0.15) is 11.4 Å². The summed E-state index contributed by atoms with van der Waals surface area (Å²) in [5.74, 6) is 1.53. The third kappa shape index (κ3) is 4.14. The Bertz CT molecular complexity index is 1030. The summed E-state index contributed by atoms with van der Waals surface area (Å²) in [6, 6.07) is 19.2. The number of nitrogens with zero attached hydrogens (tertiary/aromatic N) is 1. The van der Waals surface area contributed by atoms with E-state index in [-0.39, 0.29) is 0 Å². The molecule has 0 N–H and O–H groups in total. The lowest BCUT2D eigenvalue weighted by atomic mass is 10.0. The van der Waals surface area contributed by atoms with E-state index in [2.05, 4.69) is 0 Å². The van der Waals surface area contributed by atoms with Gasteiger partial charge < -0.3 is 4.74 Å². The maximum Gasteiger partial charge on any atom is 0.153 e. The number of rotatable bonds is 4. The Morgan fingerprint density at radius 1 is 0.778 bits per heavy atom. The summed E-state index contributed by atoms with van der Waals surface area (Å²) in [5, 5.41) is 1.83. The van der Waals surface area contributed by atoms with E-state index >= 15 is 0 Å². The number of fused-ring (bicyclic) bond motifs is 2. The Morgan fingerprint density at radius 2 is 1.63 bits per heavy atom. The van der Waals surface area contributed by atoms with E-state index in [1.807, 2.05) is 60.7 Å². The maximum atomic E-state index is 6.23. The van der Waals surface area contributed by atoms with Crippen LogP contribution in [0.2, 0.25) is 15.1 Å². The molecule has 0 fully saturated rings. The summed E-state index contributed by atoms with van der Waals surface area (Å²) in [7, 11) is 0. The van der Waals surface area contributed by atoms with Crippen LogP contribution in [-0.2, 0) is 6.42 Å². The fourth-order valence-corrected chi connectivity index (χ4v) is 3.62. The van der Waals surface area contributed by atoms with Crippen molar-refractivity contribution in [1.82, 2.24) is 0 Å². The van der Waals surface area contributed by atoms with Crippen LogP contribution in [0.5, 0.6) is 11.5 Å². The van der Waals surface area contributed by atoms with Gasteiger partial charge in [-0.05, 0) is 67.3 Å². The Balaban J connectivity index is 1.61. The van der Waals surface area contributed by atoms with Crippen molar-refractivity contribution in [3.05, 3.63) is 86.9 Å². The van der Waals surface area contributed by atoms with Crippen molar-refractivity contribution < 1.29 is 4.74 Å². The molecule has 0 aliphatic carbocycles. The monoisotopic (exact) mass is 415 g/mol. The minimum absolute atomic E-state index is 0.575. The largest absolute Gasteiger partial charge is 0.454 e. The lowest BCUT2D eigenvalue weighted by molar-refractivity contribution is 0.484. The molecule has 1 aliphatic heterocycles. The fourth-order valence-electron chi connectivity index (χ4n) is 3.12. The van der Waals surface area contributed by atoms with Gasteiger partial charge in [-0.1, -0.05) is 53.0 Å². The van der Waals surface area contributed by atoms with Crippen LogP contribution in [0.4, 0.5) is 5.69 Å². The number of hydrogen-bond donors (Lipinski definition) is 0. The quantitative estimate of drug-likeness (QED) is 0.423. The van der Waals surface area contributed by atoms with Gasteiger partial charge in [0.05, 0.1) is 15.8 Å². The maximum absolute atomic E-state index is 6.23. The number of para-hydroxylation sites is 2. The molecule has 0 saturated heterocycles. The molecule has 5 heteroatoms. The van der Waals surface area contributed by atoms with Crippen molar-refractivity contribution in [2.75, 3.05) is 0 Å². The van der Waals surface area contributed by atoms with Gasteiger partial charge in [-0.25, -0.2) is 4.99 Å². The molecule has 3 aromatic rings. The zero-order valence-electron chi connectivity index (χ0n) is 14.4. The third-order valence-corrected chi connectivity index (χ3v) is 5.43. The molecule has 0 saturated carbocycles. The zero-order chi connectivity index (χ0) is 18.8. The van der Waals surface area contributed by atoms with Gasteiger partial charge in [-0.2, -0.15) is 0 Å². The molecule has 2 nitrogen and oxygen atoms in total. The highest BCUT2D eigenvalue weighted by Crippen LogP contribution is 2.39. The first-order chi connectivity index (χ1) is 13.1. The van der Waals surface area contributed by atoms with Crippen molar-refractivity contribution in [3.8, 4) is 11.5 Å². The standard InChI is InChI=1S/C22H16Cl3NO/c23-15-9-11-21-16(13-15)19(26-20-5-1-2-7-22(20)27-21)6-3-4-14-8-10-17(24)18(25)12-14/h1-2,5,7-13H,3-4,6H2. The van der Waals surface area contributed by atoms with Crippen molar-refractivity contribution in [3.63, 3.8) is 0 Å². The molecule has 136 valence electrons. The number of benzene rings is 3. The average molecular weight is 417 g/mol. The molecule has 0 unspecified atom stereocenters. The van der Waals surface area contributed by atoms with Crippen molar-refractivity contribution in [1.29, 1.82) is 0 Å². The second-order valence-electron chi connectivity index (χ2n) is 6.37. The van der Waals surface area contributed by atoms with Crippen molar-refractivity contribution in [2.45, 2.75) is 19.3 Å². The molecule has 1 aliphatic rings. The second-order valence-corrected chi connectivity index (χ2v) is 7.62. The third-order valence-electron chi connectivity index (χ3n) is 4.46. The molecular formula is C22H16Cl3NO. The summed E-state index contributed by atoms with van der Waals surface area (Å²) in [4.78, 5) is 4.87. The van der Waals surface area contributed by atoms with Crippen molar-refractivity contribution in [2.24, 2.45) is 4.99 Å². The fraction of sp³-hybridized carbons (Fsp3) is 0.136. The molecular weight excluding hydrogens is 401 g/mol. The Labute approximate surface area is 173 Å². The van der Waals surface area contributed by atoms with Gasteiger partial charge in [0, 0.05) is 10.6 Å². The molecule has 0 bridgehead atoms. The normalized spacial score (nSPS) is 12.5. The number of aryl methyl sites for hydroxylation is 1. The SMILES string of the molecule is Clc1ccc2c(c1)C(CCCc1ccc(Cl)c(Cl)c1)=Nc1ccccc1O2. The number of halogens is 3. The van der Waals surface area contributed by atoms with Crippen LogP contribution >= 0.6 is 34.8 Å². The van der Waals surface area contributed by atoms with E-state index in [9.17, 15) is 0 Å². The Kier molecular flexibility index (Phi) is 5.40. The van der Waals surface area contributed by atoms with E-state index in [0.29, 0.717) is 15.1 Å². The topological polar surface area (TPSA) is 21.6 Å². The van der Waals surface area contributed by atoms with Crippen LogP contribution in [0.25, 0.3) is 0 Å². The van der Waals surface area contributed by atoms with Gasteiger partial charge >= 0.3 is 0 Å². The molecule has 4 rings (SSSR count). The molecule has 3 aromatic carbocycles. The van der Waals surface area contributed by atoms with E-state index in [0.717, 1.165) is 53.3 Å². The molecule has 1 heterocycles. The second kappa shape index (κ2) is 7.93. The minimum atomic E-state index is 0.575. The van der Waals surface area contributed by atoms with Gasteiger partial charge in [0.15, 0.2) is 5.75 Å². The van der Waals surface area contributed by atoms with Crippen LogP contribution < -0.4 is 4.74 Å². The van der Waals surface area contributed by atoms with E-state index in [1.54, 1.807) is 0 Å². The number of ether oxygens (including phenoxy) is 1. The highest BCUT2D eigenvalue weighted by molar-refractivity contribution is 6.42. The first-order valence-electron chi connectivity index (χ1n) is 8.68. The van der Waals surface area contributed by atoms with Crippen LogP contribution in [0.1, 0.15) is 24.0 Å². The molecule has 0 spiro atoms. The van der Waals surface area contributed by atoms with Gasteiger partial charge in [0.2, 0.25) is 0 Å². The summed E-state index contributed by atoms with van der Waals surface area (Å²) in [6.45, 7) is 0. The lowest BCUT2D eigenvalue weighted by Crippen LogP contribution is -2.02. The molecule has 0 radical (unpaired) electrons. The zero-order valence-corrected chi connectivity index (χ0v) is 16.7. The van der Waals surface area contributed by atoms with E-state index < -0.39 is 0 Å². The van der Waals surface area contributed by atoms with Crippen LogP contribution in [0, 0.1) is 0 Å². The highest BCUT2D eigenvalue weighted by atomic mass is 35.5.